The quantitative estimate of drug-likeness (QED) is 0.727. The number of methoxy groups -OCH3 is 1. The Kier molecular flexibility index (Phi) is 5.09. The highest BCUT2D eigenvalue weighted by Gasteiger charge is 2.26. The first-order valence-corrected chi connectivity index (χ1v) is 9.02. The fraction of sp³-hybridized carbons (Fsp3) is 0.250. The van der Waals surface area contributed by atoms with E-state index in [1.807, 2.05) is 18.2 Å². The minimum atomic E-state index is -0.141. The lowest BCUT2D eigenvalue weighted by Crippen LogP contribution is -2.37. The van der Waals surface area contributed by atoms with Gasteiger partial charge in [-0.05, 0) is 30.7 Å². The van der Waals surface area contributed by atoms with Crippen molar-refractivity contribution >= 4 is 11.9 Å². The molecular weight excluding hydrogens is 356 g/mol. The molecule has 1 aliphatic heterocycles. The van der Waals surface area contributed by atoms with E-state index in [-0.39, 0.29) is 11.9 Å². The first-order valence-electron chi connectivity index (χ1n) is 9.02. The van der Waals surface area contributed by atoms with Crippen molar-refractivity contribution in [1.29, 1.82) is 0 Å². The van der Waals surface area contributed by atoms with E-state index >= 15 is 0 Å². The van der Waals surface area contributed by atoms with Gasteiger partial charge >= 0.3 is 0 Å². The monoisotopic (exact) mass is 376 g/mol. The summed E-state index contributed by atoms with van der Waals surface area (Å²) in [6.07, 6.45) is 7.65. The third-order valence-electron chi connectivity index (χ3n) is 4.61. The summed E-state index contributed by atoms with van der Waals surface area (Å²) < 4.78 is 5.08. The second kappa shape index (κ2) is 7.99. The normalized spacial score (nSPS) is 16.0. The van der Waals surface area contributed by atoms with Crippen LogP contribution < -0.4 is 15.0 Å². The first-order chi connectivity index (χ1) is 13.7. The number of nitrogens with one attached hydrogen (secondary N) is 1. The third-order valence-corrected chi connectivity index (χ3v) is 4.61. The number of rotatable bonds is 5. The lowest BCUT2D eigenvalue weighted by molar-refractivity contribution is 0.0940. The molecule has 4 heterocycles. The molecule has 8 heteroatoms. The van der Waals surface area contributed by atoms with Gasteiger partial charge in [-0.3, -0.25) is 9.78 Å². The number of carbonyl (C=O) groups excluding carboxylic acids is 1. The molecular formula is C20H20N6O2. The average Bonchev–Trinajstić information content (AvgIpc) is 3.23. The zero-order chi connectivity index (χ0) is 19.3. The van der Waals surface area contributed by atoms with Crippen LogP contribution in [-0.2, 0) is 0 Å². The molecule has 0 radical (unpaired) electrons. The SMILES string of the molecule is COc1cc(C(=O)NC2CCN(c3nccc(-c4cccnc4)n3)C2)ccn1. The topological polar surface area (TPSA) is 93.1 Å². The van der Waals surface area contributed by atoms with E-state index in [0.717, 1.165) is 24.2 Å². The number of carbonyl (C=O) groups is 1. The maximum atomic E-state index is 12.5. The van der Waals surface area contributed by atoms with Gasteiger partial charge < -0.3 is 15.0 Å². The number of anilines is 1. The van der Waals surface area contributed by atoms with Gasteiger partial charge in [0.25, 0.3) is 5.91 Å². The molecule has 1 saturated heterocycles. The lowest BCUT2D eigenvalue weighted by atomic mass is 10.2. The van der Waals surface area contributed by atoms with E-state index in [1.54, 1.807) is 36.9 Å². The van der Waals surface area contributed by atoms with E-state index < -0.39 is 0 Å². The molecule has 0 spiro atoms. The number of aromatic nitrogens is 4. The molecule has 0 aliphatic carbocycles. The van der Waals surface area contributed by atoms with E-state index in [4.69, 9.17) is 4.74 Å². The second-order valence-electron chi connectivity index (χ2n) is 6.48. The summed E-state index contributed by atoms with van der Waals surface area (Å²) in [6, 6.07) is 9.04. The van der Waals surface area contributed by atoms with Gasteiger partial charge in [-0.15, -0.1) is 0 Å². The Morgan fingerprint density at radius 2 is 2.11 bits per heavy atom. The molecule has 142 valence electrons. The van der Waals surface area contributed by atoms with Crippen molar-refractivity contribution in [2.45, 2.75) is 12.5 Å². The molecule has 4 rings (SSSR count). The molecule has 1 N–H and O–H groups in total. The van der Waals surface area contributed by atoms with Gasteiger partial charge in [-0.25, -0.2) is 15.0 Å². The summed E-state index contributed by atoms with van der Waals surface area (Å²) in [4.78, 5) is 31.8. The van der Waals surface area contributed by atoms with E-state index in [9.17, 15) is 4.79 Å². The van der Waals surface area contributed by atoms with Crippen LogP contribution in [0.5, 0.6) is 5.88 Å². The molecule has 1 aliphatic rings. The van der Waals surface area contributed by atoms with Crippen LogP contribution in [0.15, 0.2) is 55.1 Å². The average molecular weight is 376 g/mol. The summed E-state index contributed by atoms with van der Waals surface area (Å²) in [6.45, 7) is 1.44. The van der Waals surface area contributed by atoms with Gasteiger partial charge in [-0.1, -0.05) is 0 Å². The highest BCUT2D eigenvalue weighted by molar-refractivity contribution is 5.94. The van der Waals surface area contributed by atoms with Gasteiger partial charge in [0.2, 0.25) is 11.8 Å². The van der Waals surface area contributed by atoms with Crippen LogP contribution in [-0.4, -0.2) is 52.1 Å². The standard InChI is InChI=1S/C20H20N6O2/c1-28-18-11-14(4-8-22-18)19(27)24-16-6-10-26(13-16)20-23-9-5-17(25-20)15-3-2-7-21-12-15/h2-5,7-9,11-12,16H,6,10,13H2,1H3,(H,24,27). The Bertz CT molecular complexity index is 966. The van der Waals surface area contributed by atoms with Crippen molar-refractivity contribution in [3.05, 3.63) is 60.7 Å². The zero-order valence-electron chi connectivity index (χ0n) is 15.4. The van der Waals surface area contributed by atoms with Crippen LogP contribution in [0.4, 0.5) is 5.95 Å². The summed E-state index contributed by atoms with van der Waals surface area (Å²) in [5.74, 6) is 0.933. The number of amides is 1. The molecule has 8 nitrogen and oxygen atoms in total. The Labute approximate surface area is 162 Å². The molecule has 3 aromatic heterocycles. The van der Waals surface area contributed by atoms with Crippen molar-refractivity contribution in [2.24, 2.45) is 0 Å². The van der Waals surface area contributed by atoms with Crippen LogP contribution in [0.25, 0.3) is 11.3 Å². The molecule has 1 fully saturated rings. The molecule has 3 aromatic rings. The van der Waals surface area contributed by atoms with Gasteiger partial charge in [0.1, 0.15) is 0 Å². The lowest BCUT2D eigenvalue weighted by Gasteiger charge is -2.17. The zero-order valence-corrected chi connectivity index (χ0v) is 15.4. The smallest absolute Gasteiger partial charge is 0.251 e. The maximum absolute atomic E-state index is 12.5. The van der Waals surface area contributed by atoms with Crippen LogP contribution >= 0.6 is 0 Å². The number of hydrogen-bond acceptors (Lipinski definition) is 7. The van der Waals surface area contributed by atoms with Gasteiger partial charge in [-0.2, -0.15) is 0 Å². The molecule has 0 saturated carbocycles. The molecule has 1 unspecified atom stereocenters. The maximum Gasteiger partial charge on any atom is 0.251 e. The highest BCUT2D eigenvalue weighted by Crippen LogP contribution is 2.21. The summed E-state index contributed by atoms with van der Waals surface area (Å²) in [5, 5.41) is 3.06. The summed E-state index contributed by atoms with van der Waals surface area (Å²) in [7, 11) is 1.53. The Morgan fingerprint density at radius 1 is 1.21 bits per heavy atom. The fourth-order valence-corrected chi connectivity index (χ4v) is 3.17. The predicted molar refractivity (Wildman–Crippen MR) is 104 cm³/mol. The van der Waals surface area contributed by atoms with Crippen LogP contribution in [0.3, 0.4) is 0 Å². The fourth-order valence-electron chi connectivity index (χ4n) is 3.17. The Hall–Kier alpha value is -3.55. The molecule has 0 bridgehead atoms. The number of nitrogens with zero attached hydrogens (tertiary/aromatic N) is 5. The molecule has 1 amide bonds. The highest BCUT2D eigenvalue weighted by atomic mass is 16.5. The van der Waals surface area contributed by atoms with E-state index in [0.29, 0.717) is 23.9 Å². The largest absolute Gasteiger partial charge is 0.481 e. The minimum Gasteiger partial charge on any atom is -0.481 e. The summed E-state index contributed by atoms with van der Waals surface area (Å²) >= 11 is 0. The molecule has 28 heavy (non-hydrogen) atoms. The van der Waals surface area contributed by atoms with Gasteiger partial charge in [0.15, 0.2) is 0 Å². The summed E-state index contributed by atoms with van der Waals surface area (Å²) in [5.41, 5.74) is 2.30. The van der Waals surface area contributed by atoms with Crippen LogP contribution in [0, 0.1) is 0 Å². The molecule has 0 aromatic carbocycles. The predicted octanol–water partition coefficient (Wildman–Crippen LogP) is 1.95. The van der Waals surface area contributed by atoms with Crippen LogP contribution in [0.2, 0.25) is 0 Å². The Morgan fingerprint density at radius 3 is 2.93 bits per heavy atom. The second-order valence-corrected chi connectivity index (χ2v) is 6.48. The van der Waals surface area contributed by atoms with E-state index in [2.05, 4.69) is 30.2 Å². The first kappa shape index (κ1) is 17.8. The third kappa shape index (κ3) is 3.90. The van der Waals surface area contributed by atoms with Gasteiger partial charge in [0.05, 0.1) is 12.8 Å². The Balaban J connectivity index is 1.42. The van der Waals surface area contributed by atoms with Crippen molar-refractivity contribution in [3.63, 3.8) is 0 Å². The van der Waals surface area contributed by atoms with Crippen molar-refractivity contribution in [3.8, 4) is 17.1 Å². The van der Waals surface area contributed by atoms with Gasteiger partial charge in [0, 0.05) is 61.1 Å². The number of hydrogen-bond donors (Lipinski definition) is 1. The minimum absolute atomic E-state index is 0.0253. The van der Waals surface area contributed by atoms with Crippen molar-refractivity contribution in [2.75, 3.05) is 25.1 Å². The molecule has 1 atom stereocenters. The number of ether oxygens (including phenoxy) is 1. The van der Waals surface area contributed by atoms with Crippen molar-refractivity contribution in [1.82, 2.24) is 25.3 Å². The van der Waals surface area contributed by atoms with Crippen molar-refractivity contribution < 1.29 is 9.53 Å². The van der Waals surface area contributed by atoms with Crippen LogP contribution in [0.1, 0.15) is 16.8 Å². The van der Waals surface area contributed by atoms with E-state index in [1.165, 1.54) is 7.11 Å². The number of pyridine rings is 2.